The zero-order valence-corrected chi connectivity index (χ0v) is 8.27. The van der Waals surface area contributed by atoms with Gasteiger partial charge in [0.05, 0.1) is 5.69 Å². The Balaban J connectivity index is 2.88. The van der Waals surface area contributed by atoms with Crippen LogP contribution in [-0.2, 0) is 6.42 Å². The first kappa shape index (κ1) is 9.51. The van der Waals surface area contributed by atoms with Crippen LogP contribution in [0.5, 0.6) is 0 Å². The molecule has 0 unspecified atom stereocenters. The summed E-state index contributed by atoms with van der Waals surface area (Å²) in [4.78, 5) is 15.0. The Morgan fingerprint density at radius 1 is 1.67 bits per heavy atom. The van der Waals surface area contributed by atoms with E-state index < -0.39 is 5.97 Å². The van der Waals surface area contributed by atoms with Crippen molar-refractivity contribution in [2.75, 3.05) is 5.73 Å². The Hall–Kier alpha value is -2.04. The zero-order chi connectivity index (χ0) is 11.0. The molecule has 0 fully saturated rings. The zero-order valence-electron chi connectivity index (χ0n) is 8.27. The van der Waals surface area contributed by atoms with E-state index in [1.165, 1.54) is 0 Å². The van der Waals surface area contributed by atoms with Gasteiger partial charge in [0.25, 0.3) is 0 Å². The number of pyridine rings is 1. The van der Waals surface area contributed by atoms with Crippen LogP contribution in [0.15, 0.2) is 18.3 Å². The lowest BCUT2D eigenvalue weighted by Gasteiger charge is -2.00. The molecule has 0 aromatic carbocycles. The summed E-state index contributed by atoms with van der Waals surface area (Å²) in [5.74, 6) is -0.347. The van der Waals surface area contributed by atoms with Crippen LogP contribution in [0.3, 0.4) is 0 Å². The van der Waals surface area contributed by atoms with E-state index >= 15 is 0 Å². The molecular weight excluding hydrogens is 194 g/mol. The number of carbonyl (C=O) groups is 1. The van der Waals surface area contributed by atoms with Gasteiger partial charge in [-0.1, -0.05) is 6.92 Å². The summed E-state index contributed by atoms with van der Waals surface area (Å²) in [5, 5.41) is 8.98. The van der Waals surface area contributed by atoms with E-state index in [4.69, 9.17) is 10.8 Å². The van der Waals surface area contributed by atoms with Gasteiger partial charge in [0.15, 0.2) is 5.69 Å². The molecule has 5 nitrogen and oxygen atoms in total. The lowest BCUT2D eigenvalue weighted by atomic mass is 10.3. The van der Waals surface area contributed by atoms with Crippen LogP contribution < -0.4 is 5.73 Å². The molecule has 0 atom stereocenters. The molecule has 0 saturated heterocycles. The second-order valence-electron chi connectivity index (χ2n) is 3.22. The number of carboxylic acids is 1. The van der Waals surface area contributed by atoms with Crippen molar-refractivity contribution in [2.24, 2.45) is 0 Å². The van der Waals surface area contributed by atoms with Gasteiger partial charge in [-0.25, -0.2) is 9.78 Å². The van der Waals surface area contributed by atoms with Crippen LogP contribution >= 0.6 is 0 Å². The monoisotopic (exact) mass is 205 g/mol. The van der Waals surface area contributed by atoms with Crippen molar-refractivity contribution in [1.29, 1.82) is 0 Å². The quantitative estimate of drug-likeness (QED) is 0.771. The van der Waals surface area contributed by atoms with Gasteiger partial charge in [0.2, 0.25) is 0 Å². The topological polar surface area (TPSA) is 80.6 Å². The molecule has 0 aliphatic carbocycles. The van der Waals surface area contributed by atoms with Crippen molar-refractivity contribution >= 4 is 17.2 Å². The maximum absolute atomic E-state index is 11.0. The fourth-order valence-corrected chi connectivity index (χ4v) is 1.63. The fraction of sp³-hybridized carbons (Fsp3) is 0.200. The summed E-state index contributed by atoms with van der Waals surface area (Å²) in [6, 6.07) is 3.44. The number of aromatic carboxylic acids is 1. The summed E-state index contributed by atoms with van der Waals surface area (Å²) in [6.07, 6.45) is 2.43. The number of imidazole rings is 1. The number of nitrogen functional groups attached to an aromatic ring is 1. The average molecular weight is 205 g/mol. The van der Waals surface area contributed by atoms with Crippen molar-refractivity contribution in [2.45, 2.75) is 13.3 Å². The highest BCUT2D eigenvalue weighted by Crippen LogP contribution is 2.20. The first-order chi connectivity index (χ1) is 7.15. The molecule has 2 heterocycles. The van der Waals surface area contributed by atoms with Crippen molar-refractivity contribution in [3.05, 3.63) is 29.8 Å². The molecule has 0 aliphatic heterocycles. The van der Waals surface area contributed by atoms with Gasteiger partial charge >= 0.3 is 5.97 Å². The number of rotatable bonds is 2. The van der Waals surface area contributed by atoms with E-state index in [1.54, 1.807) is 22.7 Å². The number of fused-ring (bicyclic) bond motifs is 1. The average Bonchev–Trinajstić information content (AvgIpc) is 2.58. The predicted octanol–water partition coefficient (Wildman–Crippen LogP) is 1.18. The minimum absolute atomic E-state index is 0.0185. The Morgan fingerprint density at radius 3 is 3.00 bits per heavy atom. The minimum atomic E-state index is -1.05. The van der Waals surface area contributed by atoms with Crippen molar-refractivity contribution in [3.8, 4) is 0 Å². The third kappa shape index (κ3) is 1.32. The van der Waals surface area contributed by atoms with E-state index in [-0.39, 0.29) is 5.69 Å². The van der Waals surface area contributed by atoms with E-state index in [0.717, 1.165) is 0 Å². The molecule has 0 spiro atoms. The molecule has 0 saturated carbocycles. The van der Waals surface area contributed by atoms with Gasteiger partial charge in [-0.3, -0.25) is 0 Å². The highest BCUT2D eigenvalue weighted by Gasteiger charge is 2.17. The lowest BCUT2D eigenvalue weighted by Crippen LogP contribution is -2.00. The second-order valence-corrected chi connectivity index (χ2v) is 3.22. The van der Waals surface area contributed by atoms with Gasteiger partial charge in [-0.05, 0) is 12.1 Å². The summed E-state index contributed by atoms with van der Waals surface area (Å²) in [6.45, 7) is 1.92. The Labute approximate surface area is 86.2 Å². The fourth-order valence-electron chi connectivity index (χ4n) is 1.63. The third-order valence-electron chi connectivity index (χ3n) is 2.29. The highest BCUT2D eigenvalue weighted by molar-refractivity contribution is 5.97. The van der Waals surface area contributed by atoms with Crippen molar-refractivity contribution in [1.82, 2.24) is 9.38 Å². The van der Waals surface area contributed by atoms with E-state index in [2.05, 4.69) is 4.98 Å². The number of hydrogen-bond donors (Lipinski definition) is 2. The number of aryl methyl sites for hydroxylation is 1. The number of aromatic nitrogens is 2. The molecule has 3 N–H and O–H groups in total. The standard InChI is InChI=1S/C10H11N3O2/c1-2-7-12-8(10(14)15)9-6(11)4-3-5-13(7)9/h3-5H,2,11H2,1H3,(H,14,15). The molecule has 0 aliphatic rings. The van der Waals surface area contributed by atoms with Gasteiger partial charge in [0.1, 0.15) is 11.3 Å². The minimum Gasteiger partial charge on any atom is -0.476 e. The normalized spacial score (nSPS) is 10.7. The van der Waals surface area contributed by atoms with E-state index in [9.17, 15) is 4.79 Å². The van der Waals surface area contributed by atoms with Crippen LogP contribution in [0.4, 0.5) is 5.69 Å². The molecule has 78 valence electrons. The van der Waals surface area contributed by atoms with Gasteiger partial charge in [-0.15, -0.1) is 0 Å². The molecule has 2 aromatic rings. The maximum Gasteiger partial charge on any atom is 0.356 e. The smallest absolute Gasteiger partial charge is 0.356 e. The van der Waals surface area contributed by atoms with Gasteiger partial charge < -0.3 is 15.2 Å². The molecular formula is C10H11N3O2. The second kappa shape index (κ2) is 3.27. The van der Waals surface area contributed by atoms with E-state index in [0.29, 0.717) is 23.4 Å². The van der Waals surface area contributed by atoms with Crippen LogP contribution in [0.25, 0.3) is 5.52 Å². The molecule has 2 rings (SSSR count). The number of nitrogens with zero attached hydrogens (tertiary/aromatic N) is 2. The van der Waals surface area contributed by atoms with Gasteiger partial charge in [-0.2, -0.15) is 0 Å². The first-order valence-corrected chi connectivity index (χ1v) is 4.64. The predicted molar refractivity (Wildman–Crippen MR) is 55.9 cm³/mol. The number of carboxylic acid groups (broad SMARTS) is 1. The molecule has 5 heteroatoms. The van der Waals surface area contributed by atoms with Crippen LogP contribution in [-0.4, -0.2) is 20.5 Å². The first-order valence-electron chi connectivity index (χ1n) is 4.64. The molecule has 0 radical (unpaired) electrons. The number of hydrogen-bond acceptors (Lipinski definition) is 3. The van der Waals surface area contributed by atoms with Crippen molar-refractivity contribution < 1.29 is 9.90 Å². The highest BCUT2D eigenvalue weighted by atomic mass is 16.4. The third-order valence-corrected chi connectivity index (χ3v) is 2.29. The van der Waals surface area contributed by atoms with Gasteiger partial charge in [0, 0.05) is 12.6 Å². The maximum atomic E-state index is 11.0. The largest absolute Gasteiger partial charge is 0.476 e. The number of nitrogens with two attached hydrogens (primary N) is 1. The van der Waals surface area contributed by atoms with E-state index in [1.807, 2.05) is 6.92 Å². The summed E-state index contributed by atoms with van der Waals surface area (Å²) < 4.78 is 1.72. The lowest BCUT2D eigenvalue weighted by molar-refractivity contribution is 0.0693. The molecule has 0 amide bonds. The summed E-state index contributed by atoms with van der Waals surface area (Å²) >= 11 is 0. The summed E-state index contributed by atoms with van der Waals surface area (Å²) in [7, 11) is 0. The van der Waals surface area contributed by atoms with Crippen molar-refractivity contribution in [3.63, 3.8) is 0 Å². The molecule has 2 aromatic heterocycles. The van der Waals surface area contributed by atoms with Crippen LogP contribution in [0, 0.1) is 0 Å². The number of anilines is 1. The Morgan fingerprint density at radius 2 is 2.40 bits per heavy atom. The Bertz CT molecular complexity index is 531. The van der Waals surface area contributed by atoms with Crippen LogP contribution in [0.1, 0.15) is 23.2 Å². The molecule has 0 bridgehead atoms. The Kier molecular flexibility index (Phi) is 2.07. The molecule has 15 heavy (non-hydrogen) atoms. The van der Waals surface area contributed by atoms with Crippen LogP contribution in [0.2, 0.25) is 0 Å². The summed E-state index contributed by atoms with van der Waals surface area (Å²) in [5.41, 5.74) is 6.66. The SMILES string of the molecule is CCc1nc(C(=O)O)c2c(N)cccn12.